The number of hydrogen-bond donors (Lipinski definition) is 3. The van der Waals surface area contributed by atoms with Crippen molar-refractivity contribution in [3.05, 3.63) is 71.7 Å². The van der Waals surface area contributed by atoms with Crippen molar-refractivity contribution in [2.24, 2.45) is 0 Å². The summed E-state index contributed by atoms with van der Waals surface area (Å²) in [6.07, 6.45) is 1.34. The Hall–Kier alpha value is -3.34. The van der Waals surface area contributed by atoms with Gasteiger partial charge in [0.25, 0.3) is 5.91 Å². The number of amides is 1. The van der Waals surface area contributed by atoms with Crippen molar-refractivity contribution in [3.63, 3.8) is 0 Å². The molecule has 7 nitrogen and oxygen atoms in total. The third kappa shape index (κ3) is 4.01. The van der Waals surface area contributed by atoms with Gasteiger partial charge in [0.05, 0.1) is 16.8 Å². The van der Waals surface area contributed by atoms with Crippen LogP contribution in [0.2, 0.25) is 0 Å². The molecular weight excluding hydrogens is 414 g/mol. The SMILES string of the molecule is O=C(Nc1nc2ccc(F)cc2s1)c1ccc(-c2ncc([C@H](O)CO)cc2F)cn1. The van der Waals surface area contributed by atoms with Gasteiger partial charge in [0.15, 0.2) is 5.13 Å². The van der Waals surface area contributed by atoms with Gasteiger partial charge in [-0.3, -0.25) is 20.1 Å². The normalized spacial score (nSPS) is 12.1. The maximum Gasteiger partial charge on any atom is 0.276 e. The number of aliphatic hydroxyl groups is 2. The monoisotopic (exact) mass is 428 g/mol. The van der Waals surface area contributed by atoms with Crippen LogP contribution in [-0.2, 0) is 0 Å². The van der Waals surface area contributed by atoms with Crippen molar-refractivity contribution in [2.75, 3.05) is 11.9 Å². The molecular formula is C20H14F2N4O3S. The maximum atomic E-state index is 14.3. The van der Waals surface area contributed by atoms with E-state index in [1.807, 2.05) is 0 Å². The summed E-state index contributed by atoms with van der Waals surface area (Å²) in [6.45, 7) is -0.546. The largest absolute Gasteiger partial charge is 0.393 e. The zero-order chi connectivity index (χ0) is 21.3. The molecule has 1 aromatic carbocycles. The third-order valence-corrected chi connectivity index (χ3v) is 5.19. The Kier molecular flexibility index (Phi) is 5.44. The fraction of sp³-hybridized carbons (Fsp3) is 0.100. The second-order valence-corrected chi connectivity index (χ2v) is 7.35. The first-order valence-electron chi connectivity index (χ1n) is 8.73. The molecule has 0 fully saturated rings. The lowest BCUT2D eigenvalue weighted by molar-refractivity contribution is 0.0951. The summed E-state index contributed by atoms with van der Waals surface area (Å²) in [6, 6.07) is 8.13. The fourth-order valence-electron chi connectivity index (χ4n) is 2.73. The van der Waals surface area contributed by atoms with E-state index in [-0.39, 0.29) is 22.8 Å². The molecule has 0 spiro atoms. The van der Waals surface area contributed by atoms with Crippen molar-refractivity contribution < 1.29 is 23.8 Å². The highest BCUT2D eigenvalue weighted by Gasteiger charge is 2.15. The van der Waals surface area contributed by atoms with Crippen LogP contribution in [0.3, 0.4) is 0 Å². The first kappa shape index (κ1) is 20.0. The quantitative estimate of drug-likeness (QED) is 0.450. The van der Waals surface area contributed by atoms with E-state index < -0.39 is 24.4 Å². The molecule has 3 heterocycles. The number of nitrogens with zero attached hydrogens (tertiary/aromatic N) is 3. The van der Waals surface area contributed by atoms with Crippen LogP contribution < -0.4 is 5.32 Å². The fourth-order valence-corrected chi connectivity index (χ4v) is 3.62. The number of aliphatic hydroxyl groups excluding tert-OH is 2. The zero-order valence-electron chi connectivity index (χ0n) is 15.2. The molecule has 0 aliphatic carbocycles. The molecule has 0 saturated heterocycles. The van der Waals surface area contributed by atoms with E-state index in [1.165, 1.54) is 42.7 Å². The van der Waals surface area contributed by atoms with Crippen LogP contribution in [0.4, 0.5) is 13.9 Å². The molecule has 152 valence electrons. The molecule has 30 heavy (non-hydrogen) atoms. The number of pyridine rings is 2. The molecule has 0 bridgehead atoms. The molecule has 1 atom stereocenters. The number of anilines is 1. The highest BCUT2D eigenvalue weighted by Crippen LogP contribution is 2.27. The number of fused-ring (bicyclic) bond motifs is 1. The number of nitrogens with one attached hydrogen (secondary N) is 1. The Balaban J connectivity index is 1.52. The number of halogens is 2. The van der Waals surface area contributed by atoms with Crippen LogP contribution in [0.25, 0.3) is 21.5 Å². The van der Waals surface area contributed by atoms with Crippen LogP contribution in [-0.4, -0.2) is 37.7 Å². The first-order valence-corrected chi connectivity index (χ1v) is 9.54. The van der Waals surface area contributed by atoms with E-state index in [0.717, 1.165) is 17.4 Å². The van der Waals surface area contributed by atoms with Crippen LogP contribution in [0.1, 0.15) is 22.2 Å². The minimum Gasteiger partial charge on any atom is -0.393 e. The molecule has 3 N–H and O–H groups in total. The van der Waals surface area contributed by atoms with Crippen LogP contribution in [0, 0.1) is 11.6 Å². The molecule has 0 saturated carbocycles. The Morgan fingerprint density at radius 3 is 2.67 bits per heavy atom. The van der Waals surface area contributed by atoms with Gasteiger partial charge in [-0.05, 0) is 36.4 Å². The van der Waals surface area contributed by atoms with E-state index in [9.17, 15) is 18.7 Å². The second kappa shape index (κ2) is 8.19. The molecule has 0 radical (unpaired) electrons. The predicted octanol–water partition coefficient (Wildman–Crippen LogP) is 3.31. The van der Waals surface area contributed by atoms with E-state index in [4.69, 9.17) is 5.11 Å². The van der Waals surface area contributed by atoms with E-state index >= 15 is 0 Å². The number of hydrogen-bond acceptors (Lipinski definition) is 7. The van der Waals surface area contributed by atoms with Crippen molar-refractivity contribution in [1.82, 2.24) is 15.0 Å². The molecule has 1 amide bonds. The van der Waals surface area contributed by atoms with E-state index in [2.05, 4.69) is 20.3 Å². The van der Waals surface area contributed by atoms with Gasteiger partial charge in [-0.2, -0.15) is 0 Å². The maximum absolute atomic E-state index is 14.3. The summed E-state index contributed by atoms with van der Waals surface area (Å²) in [4.78, 5) is 24.6. The van der Waals surface area contributed by atoms with Crippen molar-refractivity contribution in [3.8, 4) is 11.3 Å². The molecule has 4 aromatic rings. The Morgan fingerprint density at radius 2 is 1.97 bits per heavy atom. The molecule has 0 aliphatic rings. The first-order chi connectivity index (χ1) is 14.4. The van der Waals surface area contributed by atoms with Crippen molar-refractivity contribution in [2.45, 2.75) is 6.10 Å². The summed E-state index contributed by atoms with van der Waals surface area (Å²) in [5, 5.41) is 21.4. The summed E-state index contributed by atoms with van der Waals surface area (Å²) < 4.78 is 28.2. The van der Waals surface area contributed by atoms with Gasteiger partial charge in [0.2, 0.25) is 0 Å². The van der Waals surface area contributed by atoms with Gasteiger partial charge in [-0.1, -0.05) is 11.3 Å². The van der Waals surface area contributed by atoms with Gasteiger partial charge in [0.1, 0.15) is 29.1 Å². The number of thiazole rings is 1. The molecule has 0 unspecified atom stereocenters. The Bertz CT molecular complexity index is 1230. The van der Waals surface area contributed by atoms with Crippen LogP contribution in [0.5, 0.6) is 0 Å². The zero-order valence-corrected chi connectivity index (χ0v) is 16.0. The van der Waals surface area contributed by atoms with Crippen LogP contribution in [0.15, 0.2) is 48.8 Å². The summed E-state index contributed by atoms with van der Waals surface area (Å²) in [5.74, 6) is -1.60. The number of benzene rings is 1. The average Bonchev–Trinajstić information content (AvgIpc) is 3.14. The summed E-state index contributed by atoms with van der Waals surface area (Å²) in [7, 11) is 0. The highest BCUT2D eigenvalue weighted by molar-refractivity contribution is 7.22. The molecule has 0 aliphatic heterocycles. The average molecular weight is 428 g/mol. The highest BCUT2D eigenvalue weighted by atomic mass is 32.1. The lowest BCUT2D eigenvalue weighted by Crippen LogP contribution is -2.13. The van der Waals surface area contributed by atoms with Gasteiger partial charge in [0, 0.05) is 23.5 Å². The van der Waals surface area contributed by atoms with Gasteiger partial charge in [-0.25, -0.2) is 13.8 Å². The van der Waals surface area contributed by atoms with Crippen molar-refractivity contribution >= 4 is 32.6 Å². The van der Waals surface area contributed by atoms with Gasteiger partial charge < -0.3 is 10.2 Å². The van der Waals surface area contributed by atoms with Crippen molar-refractivity contribution in [1.29, 1.82) is 0 Å². The topological polar surface area (TPSA) is 108 Å². The number of rotatable bonds is 5. The smallest absolute Gasteiger partial charge is 0.276 e. The molecule has 3 aromatic heterocycles. The minimum atomic E-state index is -1.22. The summed E-state index contributed by atoms with van der Waals surface area (Å²) in [5.41, 5.74) is 1.13. The lowest BCUT2D eigenvalue weighted by Gasteiger charge is -2.09. The van der Waals surface area contributed by atoms with E-state index in [0.29, 0.717) is 20.9 Å². The van der Waals surface area contributed by atoms with Gasteiger partial charge in [-0.15, -0.1) is 0 Å². The standard InChI is InChI=1S/C20H14F2N4O3S/c21-12-2-4-14-17(6-12)30-20(25-14)26-19(29)15-3-1-10(7-23-15)18-13(22)5-11(8-24-18)16(28)9-27/h1-8,16,27-28H,9H2,(H,25,26,29)/t16-/m1/s1. The third-order valence-electron chi connectivity index (χ3n) is 4.26. The molecule has 4 rings (SSSR count). The lowest BCUT2D eigenvalue weighted by atomic mass is 10.1. The second-order valence-electron chi connectivity index (χ2n) is 6.31. The predicted molar refractivity (Wildman–Crippen MR) is 107 cm³/mol. The number of carbonyl (C=O) groups is 1. The van der Waals surface area contributed by atoms with Crippen LogP contribution >= 0.6 is 11.3 Å². The van der Waals surface area contributed by atoms with E-state index in [1.54, 1.807) is 0 Å². The summed E-state index contributed by atoms with van der Waals surface area (Å²) >= 11 is 1.13. The van der Waals surface area contributed by atoms with Gasteiger partial charge >= 0.3 is 0 Å². The number of carbonyl (C=O) groups excluding carboxylic acids is 1. The number of aromatic nitrogens is 3. The Morgan fingerprint density at radius 1 is 1.13 bits per heavy atom. The Labute approximate surface area is 172 Å². The minimum absolute atomic E-state index is 0.00320. The molecule has 10 heteroatoms.